The molecule has 122 valence electrons. The molecular weight excluding hydrogens is 282 g/mol. The van der Waals surface area contributed by atoms with Gasteiger partial charge in [0.25, 0.3) is 5.91 Å². The number of hydrogen-bond donors (Lipinski definition) is 3. The highest BCUT2D eigenvalue weighted by atomic mass is 16.6. The van der Waals surface area contributed by atoms with Crippen molar-refractivity contribution in [2.45, 2.75) is 32.8 Å². The molecule has 1 aromatic carbocycles. The predicted molar refractivity (Wildman–Crippen MR) is 85.8 cm³/mol. The number of carbonyl (C=O) groups is 2. The van der Waals surface area contributed by atoms with Crippen LogP contribution in [0.5, 0.6) is 0 Å². The summed E-state index contributed by atoms with van der Waals surface area (Å²) in [4.78, 5) is 23.4. The Morgan fingerprint density at radius 2 is 1.86 bits per heavy atom. The van der Waals surface area contributed by atoms with Crippen molar-refractivity contribution in [3.63, 3.8) is 0 Å². The normalized spacial score (nSPS) is 10.9. The predicted octanol–water partition coefficient (Wildman–Crippen LogP) is 1.44. The molecule has 0 aromatic heterocycles. The second kappa shape index (κ2) is 8.38. The van der Waals surface area contributed by atoms with Crippen molar-refractivity contribution in [1.29, 1.82) is 0 Å². The summed E-state index contributed by atoms with van der Waals surface area (Å²) in [6.45, 7) is 6.57. The Hall–Kier alpha value is -2.08. The van der Waals surface area contributed by atoms with E-state index in [4.69, 9.17) is 10.5 Å². The first-order valence-electron chi connectivity index (χ1n) is 7.36. The molecular formula is C16H25N3O3. The first-order valence-corrected chi connectivity index (χ1v) is 7.36. The number of alkyl carbamates (subject to hydrolysis) is 1. The molecule has 0 aliphatic rings. The Kier molecular flexibility index (Phi) is 6.85. The topological polar surface area (TPSA) is 93.5 Å². The van der Waals surface area contributed by atoms with Gasteiger partial charge in [0.15, 0.2) is 0 Å². The minimum atomic E-state index is -0.531. The van der Waals surface area contributed by atoms with Crippen LogP contribution in [0.15, 0.2) is 24.3 Å². The number of rotatable bonds is 6. The second-order valence-electron chi connectivity index (χ2n) is 5.92. The largest absolute Gasteiger partial charge is 0.444 e. The van der Waals surface area contributed by atoms with Gasteiger partial charge in [-0.25, -0.2) is 4.79 Å². The minimum Gasteiger partial charge on any atom is -0.444 e. The highest BCUT2D eigenvalue weighted by Crippen LogP contribution is 2.06. The van der Waals surface area contributed by atoms with E-state index in [0.29, 0.717) is 25.2 Å². The molecule has 0 bridgehead atoms. The van der Waals surface area contributed by atoms with Gasteiger partial charge in [0, 0.05) is 18.7 Å². The lowest BCUT2D eigenvalue weighted by Gasteiger charge is -2.19. The molecule has 0 unspecified atom stereocenters. The van der Waals surface area contributed by atoms with E-state index >= 15 is 0 Å². The Labute approximate surface area is 131 Å². The first-order chi connectivity index (χ1) is 10.3. The minimum absolute atomic E-state index is 0.176. The maximum absolute atomic E-state index is 12.0. The fourth-order valence-corrected chi connectivity index (χ4v) is 1.79. The van der Waals surface area contributed by atoms with E-state index in [1.54, 1.807) is 26.8 Å². The van der Waals surface area contributed by atoms with Gasteiger partial charge >= 0.3 is 6.09 Å². The molecule has 0 spiro atoms. The fraction of sp³-hybridized carbons (Fsp3) is 0.500. The third kappa shape index (κ3) is 7.08. The summed E-state index contributed by atoms with van der Waals surface area (Å²) < 4.78 is 5.10. The van der Waals surface area contributed by atoms with Gasteiger partial charge in [0.2, 0.25) is 0 Å². The maximum Gasteiger partial charge on any atom is 0.407 e. The third-order valence-electron chi connectivity index (χ3n) is 2.70. The molecule has 2 amide bonds. The molecule has 0 atom stereocenters. The molecule has 0 aliphatic heterocycles. The van der Waals surface area contributed by atoms with Crippen LogP contribution >= 0.6 is 0 Å². The average Bonchev–Trinajstić information content (AvgIpc) is 2.42. The fourth-order valence-electron chi connectivity index (χ4n) is 1.79. The van der Waals surface area contributed by atoms with Crippen molar-refractivity contribution in [2.24, 2.45) is 5.73 Å². The van der Waals surface area contributed by atoms with Crippen LogP contribution in [-0.2, 0) is 11.2 Å². The van der Waals surface area contributed by atoms with E-state index in [2.05, 4.69) is 10.6 Å². The molecule has 6 heteroatoms. The monoisotopic (exact) mass is 307 g/mol. The van der Waals surface area contributed by atoms with E-state index < -0.39 is 11.7 Å². The summed E-state index contributed by atoms with van der Waals surface area (Å²) in [5.41, 5.74) is 6.59. The lowest BCUT2D eigenvalue weighted by Crippen LogP contribution is -2.37. The SMILES string of the molecule is CC(C)(C)OC(=O)NCCNC(=O)c1cccc(CCN)c1. The van der Waals surface area contributed by atoms with Gasteiger partial charge in [-0.2, -0.15) is 0 Å². The van der Waals surface area contributed by atoms with Crippen LogP contribution in [0.25, 0.3) is 0 Å². The summed E-state index contributed by atoms with van der Waals surface area (Å²) in [6, 6.07) is 7.34. The van der Waals surface area contributed by atoms with Crippen molar-refractivity contribution >= 4 is 12.0 Å². The number of nitrogens with one attached hydrogen (secondary N) is 2. The first kappa shape index (κ1) is 18.0. The quantitative estimate of drug-likeness (QED) is 0.693. The van der Waals surface area contributed by atoms with Crippen LogP contribution in [0.2, 0.25) is 0 Å². The van der Waals surface area contributed by atoms with E-state index in [0.717, 1.165) is 12.0 Å². The van der Waals surface area contributed by atoms with Crippen molar-refractivity contribution in [3.8, 4) is 0 Å². The molecule has 1 aromatic rings. The molecule has 0 radical (unpaired) electrons. The Morgan fingerprint density at radius 3 is 2.50 bits per heavy atom. The highest BCUT2D eigenvalue weighted by molar-refractivity contribution is 5.94. The lowest BCUT2D eigenvalue weighted by molar-refractivity contribution is 0.0526. The van der Waals surface area contributed by atoms with Crippen LogP contribution < -0.4 is 16.4 Å². The van der Waals surface area contributed by atoms with Gasteiger partial charge in [0.1, 0.15) is 5.60 Å². The number of benzene rings is 1. The standard InChI is InChI=1S/C16H25N3O3/c1-16(2,3)22-15(21)19-10-9-18-14(20)13-6-4-5-12(11-13)7-8-17/h4-6,11H,7-10,17H2,1-3H3,(H,18,20)(H,19,21). The number of nitrogens with two attached hydrogens (primary N) is 1. The Balaban J connectivity index is 2.34. The number of hydrogen-bond acceptors (Lipinski definition) is 4. The van der Waals surface area contributed by atoms with Crippen LogP contribution in [0.4, 0.5) is 4.79 Å². The van der Waals surface area contributed by atoms with Crippen LogP contribution in [0, 0.1) is 0 Å². The molecule has 0 saturated carbocycles. The zero-order chi connectivity index (χ0) is 16.6. The lowest BCUT2D eigenvalue weighted by atomic mass is 10.1. The molecule has 1 rings (SSSR count). The van der Waals surface area contributed by atoms with Crippen molar-refractivity contribution in [2.75, 3.05) is 19.6 Å². The smallest absolute Gasteiger partial charge is 0.407 e. The van der Waals surface area contributed by atoms with Gasteiger partial charge in [-0.1, -0.05) is 12.1 Å². The number of amides is 2. The molecule has 0 saturated heterocycles. The molecule has 4 N–H and O–H groups in total. The van der Waals surface area contributed by atoms with Gasteiger partial charge in [-0.15, -0.1) is 0 Å². The van der Waals surface area contributed by atoms with Crippen molar-refractivity contribution < 1.29 is 14.3 Å². The Morgan fingerprint density at radius 1 is 1.18 bits per heavy atom. The highest BCUT2D eigenvalue weighted by Gasteiger charge is 2.15. The van der Waals surface area contributed by atoms with E-state index in [1.807, 2.05) is 18.2 Å². The van der Waals surface area contributed by atoms with Crippen LogP contribution in [-0.4, -0.2) is 37.2 Å². The summed E-state index contributed by atoms with van der Waals surface area (Å²) >= 11 is 0. The molecule has 22 heavy (non-hydrogen) atoms. The zero-order valence-electron chi connectivity index (χ0n) is 13.4. The Bertz CT molecular complexity index is 510. The summed E-state index contributed by atoms with van der Waals surface area (Å²) in [5.74, 6) is -0.176. The second-order valence-corrected chi connectivity index (χ2v) is 5.92. The van der Waals surface area contributed by atoms with Gasteiger partial charge < -0.3 is 21.1 Å². The van der Waals surface area contributed by atoms with E-state index in [-0.39, 0.29) is 5.91 Å². The van der Waals surface area contributed by atoms with E-state index in [1.165, 1.54) is 0 Å². The number of carbonyl (C=O) groups excluding carboxylic acids is 2. The van der Waals surface area contributed by atoms with Gasteiger partial charge in [-0.3, -0.25) is 4.79 Å². The van der Waals surface area contributed by atoms with Gasteiger partial charge in [0.05, 0.1) is 0 Å². The third-order valence-corrected chi connectivity index (χ3v) is 2.70. The van der Waals surface area contributed by atoms with Crippen LogP contribution in [0.1, 0.15) is 36.7 Å². The number of ether oxygens (including phenoxy) is 1. The molecule has 0 aliphatic carbocycles. The molecule has 6 nitrogen and oxygen atoms in total. The molecule has 0 heterocycles. The van der Waals surface area contributed by atoms with Gasteiger partial charge in [-0.05, 0) is 51.4 Å². The summed E-state index contributed by atoms with van der Waals surface area (Å²) in [7, 11) is 0. The maximum atomic E-state index is 12.0. The van der Waals surface area contributed by atoms with Crippen molar-refractivity contribution in [3.05, 3.63) is 35.4 Å². The summed E-state index contributed by atoms with van der Waals surface area (Å²) in [5, 5.41) is 5.33. The van der Waals surface area contributed by atoms with Crippen molar-refractivity contribution in [1.82, 2.24) is 10.6 Å². The van der Waals surface area contributed by atoms with E-state index in [9.17, 15) is 9.59 Å². The summed E-state index contributed by atoms with van der Waals surface area (Å²) in [6.07, 6.45) is 0.244. The molecule has 0 fully saturated rings. The zero-order valence-corrected chi connectivity index (χ0v) is 13.4. The average molecular weight is 307 g/mol. The van der Waals surface area contributed by atoms with Crippen LogP contribution in [0.3, 0.4) is 0 Å².